The summed E-state index contributed by atoms with van der Waals surface area (Å²) in [5.74, 6) is -0.557. The third-order valence-corrected chi connectivity index (χ3v) is 5.28. The molecule has 0 spiro atoms. The number of hydrogen-bond acceptors (Lipinski definition) is 3. The molecule has 3 rings (SSSR count). The lowest BCUT2D eigenvalue weighted by Crippen LogP contribution is -2.39. The van der Waals surface area contributed by atoms with Crippen molar-refractivity contribution in [3.8, 4) is 0 Å². The van der Waals surface area contributed by atoms with Crippen LogP contribution >= 0.6 is 0 Å². The van der Waals surface area contributed by atoms with Gasteiger partial charge in [0.2, 0.25) is 0 Å². The predicted octanol–water partition coefficient (Wildman–Crippen LogP) is 3.67. The fourth-order valence-corrected chi connectivity index (χ4v) is 4.74. The van der Waals surface area contributed by atoms with Crippen molar-refractivity contribution in [1.29, 1.82) is 0 Å². The molecule has 1 amide bonds. The summed E-state index contributed by atoms with van der Waals surface area (Å²) < 4.78 is 5.15. The second-order valence-electron chi connectivity index (χ2n) is 8.59. The highest BCUT2D eigenvalue weighted by molar-refractivity contribution is 5.89. The van der Waals surface area contributed by atoms with Crippen molar-refractivity contribution in [1.82, 2.24) is 4.90 Å². The maximum Gasteiger partial charge on any atom is 0.331 e. The number of hydrogen-bond donors (Lipinski definition) is 0. The van der Waals surface area contributed by atoms with E-state index in [2.05, 4.69) is 20.8 Å². The zero-order valence-corrected chi connectivity index (χ0v) is 15.3. The molecule has 1 aromatic rings. The summed E-state index contributed by atoms with van der Waals surface area (Å²) in [7, 11) is 0. The van der Waals surface area contributed by atoms with Gasteiger partial charge in [-0.1, -0.05) is 51.1 Å². The van der Waals surface area contributed by atoms with Crippen LogP contribution in [-0.4, -0.2) is 36.0 Å². The van der Waals surface area contributed by atoms with Gasteiger partial charge in [0.15, 0.2) is 6.61 Å². The lowest BCUT2D eigenvalue weighted by molar-refractivity contribution is -0.148. The first-order valence-electron chi connectivity index (χ1n) is 8.96. The van der Waals surface area contributed by atoms with Crippen molar-refractivity contribution in [3.63, 3.8) is 0 Å². The number of benzene rings is 1. The number of carbonyl (C=O) groups is 2. The molecule has 1 aliphatic carbocycles. The number of fused-ring (bicyclic) bond motifs is 2. The SMILES string of the molecule is CC1(C)C[C@H]2C[C@](C)(CN2C(=O)COC(=O)/C=C/c2ccccc2)C1. The van der Waals surface area contributed by atoms with Gasteiger partial charge in [-0.05, 0) is 41.7 Å². The van der Waals surface area contributed by atoms with E-state index < -0.39 is 5.97 Å². The molecular weight excluding hydrogens is 314 g/mol. The van der Waals surface area contributed by atoms with Crippen molar-refractivity contribution in [2.24, 2.45) is 10.8 Å². The Labute approximate surface area is 149 Å². The second kappa shape index (κ2) is 6.66. The number of ether oxygens (including phenoxy) is 1. The highest BCUT2D eigenvalue weighted by atomic mass is 16.5. The van der Waals surface area contributed by atoms with Crippen molar-refractivity contribution < 1.29 is 14.3 Å². The van der Waals surface area contributed by atoms with E-state index in [1.54, 1.807) is 6.08 Å². The van der Waals surface area contributed by atoms with Crippen LogP contribution in [0.4, 0.5) is 0 Å². The molecule has 4 nitrogen and oxygen atoms in total. The highest BCUT2D eigenvalue weighted by Crippen LogP contribution is 2.52. The Morgan fingerprint density at radius 3 is 2.64 bits per heavy atom. The van der Waals surface area contributed by atoms with E-state index in [0.29, 0.717) is 0 Å². The number of esters is 1. The maximum absolute atomic E-state index is 12.5. The molecule has 0 N–H and O–H groups in total. The Kier molecular flexibility index (Phi) is 4.72. The van der Waals surface area contributed by atoms with Crippen LogP contribution in [0.1, 0.15) is 45.6 Å². The van der Waals surface area contributed by atoms with Crippen LogP contribution in [0, 0.1) is 10.8 Å². The van der Waals surface area contributed by atoms with Crippen molar-refractivity contribution in [2.75, 3.05) is 13.2 Å². The van der Waals surface area contributed by atoms with Crippen molar-refractivity contribution in [2.45, 2.75) is 46.1 Å². The molecule has 2 atom stereocenters. The number of rotatable bonds is 4. The van der Waals surface area contributed by atoms with E-state index in [4.69, 9.17) is 4.74 Å². The summed E-state index contributed by atoms with van der Waals surface area (Å²) in [4.78, 5) is 26.3. The first-order valence-corrected chi connectivity index (χ1v) is 8.96. The summed E-state index contributed by atoms with van der Waals surface area (Å²) in [6.45, 7) is 7.42. The smallest absolute Gasteiger partial charge is 0.331 e. The standard InChI is InChI=1S/C21H27NO3/c1-20(2)11-17-12-21(3,14-20)15-22(17)18(23)13-25-19(24)10-9-16-7-5-4-6-8-16/h4-10,17H,11-15H2,1-3H3/b10-9+/t17-,21-/m0/s1. The van der Waals surface area contributed by atoms with E-state index in [-0.39, 0.29) is 29.4 Å². The molecule has 0 unspecified atom stereocenters. The monoisotopic (exact) mass is 341 g/mol. The minimum absolute atomic E-state index is 0.0760. The fourth-order valence-electron chi connectivity index (χ4n) is 4.74. The summed E-state index contributed by atoms with van der Waals surface area (Å²) in [6, 6.07) is 9.82. The normalized spacial score (nSPS) is 27.5. The van der Waals surface area contributed by atoms with Crippen LogP contribution in [-0.2, 0) is 14.3 Å². The van der Waals surface area contributed by atoms with Crippen LogP contribution in [0.3, 0.4) is 0 Å². The van der Waals surface area contributed by atoms with Gasteiger partial charge in [-0.2, -0.15) is 0 Å². The average molecular weight is 341 g/mol. The molecule has 1 saturated carbocycles. The first-order chi connectivity index (χ1) is 11.8. The summed E-state index contributed by atoms with van der Waals surface area (Å²) in [5, 5.41) is 0. The van der Waals surface area contributed by atoms with E-state index >= 15 is 0 Å². The van der Waals surface area contributed by atoms with Gasteiger partial charge >= 0.3 is 5.97 Å². The average Bonchev–Trinajstić information content (AvgIpc) is 2.80. The van der Waals surface area contributed by atoms with Gasteiger partial charge in [-0.15, -0.1) is 0 Å². The van der Waals surface area contributed by atoms with Gasteiger partial charge in [-0.25, -0.2) is 4.79 Å². The molecule has 2 aliphatic rings. The topological polar surface area (TPSA) is 46.6 Å². The molecule has 25 heavy (non-hydrogen) atoms. The van der Waals surface area contributed by atoms with Crippen LogP contribution in [0.15, 0.2) is 36.4 Å². The third-order valence-electron chi connectivity index (χ3n) is 5.28. The molecular formula is C21H27NO3. The van der Waals surface area contributed by atoms with Crippen LogP contribution in [0.5, 0.6) is 0 Å². The summed E-state index contributed by atoms with van der Waals surface area (Å²) in [5.41, 5.74) is 1.38. The van der Waals surface area contributed by atoms with Crippen molar-refractivity contribution in [3.05, 3.63) is 42.0 Å². The zero-order chi connectivity index (χ0) is 18.1. The number of carbonyl (C=O) groups excluding carboxylic acids is 2. The summed E-state index contributed by atoms with van der Waals surface area (Å²) in [6.07, 6.45) is 6.29. The van der Waals surface area contributed by atoms with Gasteiger partial charge in [-0.3, -0.25) is 4.79 Å². The molecule has 1 heterocycles. The fraction of sp³-hybridized carbons (Fsp3) is 0.524. The van der Waals surface area contributed by atoms with E-state index in [0.717, 1.165) is 31.4 Å². The molecule has 1 saturated heterocycles. The molecule has 4 heteroatoms. The Morgan fingerprint density at radius 2 is 1.92 bits per heavy atom. The van der Waals surface area contributed by atoms with Crippen LogP contribution in [0.2, 0.25) is 0 Å². The molecule has 2 bridgehead atoms. The number of nitrogens with zero attached hydrogens (tertiary/aromatic N) is 1. The van der Waals surface area contributed by atoms with Gasteiger partial charge in [0.1, 0.15) is 0 Å². The van der Waals surface area contributed by atoms with Crippen molar-refractivity contribution >= 4 is 18.0 Å². The zero-order valence-electron chi connectivity index (χ0n) is 15.3. The molecule has 134 valence electrons. The lowest BCUT2D eigenvalue weighted by atomic mass is 9.65. The van der Waals surface area contributed by atoms with Gasteiger partial charge in [0.05, 0.1) is 0 Å². The Morgan fingerprint density at radius 1 is 1.20 bits per heavy atom. The maximum atomic E-state index is 12.5. The Balaban J connectivity index is 1.53. The van der Waals surface area contributed by atoms with Crippen LogP contribution < -0.4 is 0 Å². The van der Waals surface area contributed by atoms with E-state index in [9.17, 15) is 9.59 Å². The van der Waals surface area contributed by atoms with Crippen LogP contribution in [0.25, 0.3) is 6.08 Å². The van der Waals surface area contributed by atoms with E-state index in [1.807, 2.05) is 35.2 Å². The predicted molar refractivity (Wildman–Crippen MR) is 97.7 cm³/mol. The Hall–Kier alpha value is -2.10. The van der Waals surface area contributed by atoms with Gasteiger partial charge in [0, 0.05) is 18.7 Å². The largest absolute Gasteiger partial charge is 0.452 e. The van der Waals surface area contributed by atoms with Gasteiger partial charge in [0.25, 0.3) is 5.91 Å². The number of likely N-dealkylation sites (tertiary alicyclic amines) is 1. The van der Waals surface area contributed by atoms with Gasteiger partial charge < -0.3 is 9.64 Å². The quantitative estimate of drug-likeness (QED) is 0.620. The summed E-state index contributed by atoms with van der Waals surface area (Å²) >= 11 is 0. The lowest BCUT2D eigenvalue weighted by Gasteiger charge is -2.39. The Bertz CT molecular complexity index is 680. The first kappa shape index (κ1) is 17.7. The second-order valence-corrected chi connectivity index (χ2v) is 8.59. The highest BCUT2D eigenvalue weighted by Gasteiger charge is 2.50. The third kappa shape index (κ3) is 4.30. The molecule has 1 aromatic carbocycles. The molecule has 0 aromatic heterocycles. The molecule has 1 aliphatic heterocycles. The molecule has 0 radical (unpaired) electrons. The minimum atomic E-state index is -0.481. The minimum Gasteiger partial charge on any atom is -0.452 e. The van der Waals surface area contributed by atoms with E-state index in [1.165, 1.54) is 6.08 Å². The number of amides is 1. The molecule has 2 fully saturated rings.